The zero-order valence-electron chi connectivity index (χ0n) is 24.4. The smallest absolute Gasteiger partial charge is 0.256 e. The third-order valence-electron chi connectivity index (χ3n) is 10.7. The Morgan fingerprint density at radius 3 is 2.21 bits per heavy atom. The van der Waals surface area contributed by atoms with Crippen molar-refractivity contribution in [3.05, 3.63) is 49.9 Å². The Morgan fingerprint density at radius 2 is 1.62 bits per heavy atom. The number of amides is 1. The number of carbonyl (C=O) groups is 1. The van der Waals surface area contributed by atoms with Crippen molar-refractivity contribution in [1.29, 1.82) is 0 Å². The topological polar surface area (TPSA) is 84.1 Å². The van der Waals surface area contributed by atoms with Gasteiger partial charge >= 0.3 is 0 Å². The average Bonchev–Trinajstić information content (AvgIpc) is 3.30. The standard InChI is InChI=1S/C31H41N3O5/c1-18-16-23(37-7)22(27(35)32-18)17-34-15-8-21-19(2)25-26(20(3)24(21)28(34)36)39-29(4,38-25)30-9-12-31(13-10-30,14-11-30)33(5)6/h16H,8-15,17H2,1-7H3,(H,32,35). The fraction of sp³-hybridized carbons (Fsp3) is 0.613. The highest BCUT2D eigenvalue weighted by atomic mass is 16.7. The molecular formula is C31H41N3O5. The molecule has 1 atom stereocenters. The zero-order valence-corrected chi connectivity index (χ0v) is 24.4. The van der Waals surface area contributed by atoms with E-state index in [1.807, 2.05) is 13.8 Å². The minimum Gasteiger partial charge on any atom is -0.496 e. The molecule has 3 saturated carbocycles. The molecule has 1 unspecified atom stereocenters. The van der Waals surface area contributed by atoms with Crippen LogP contribution in [0.2, 0.25) is 0 Å². The molecule has 8 nitrogen and oxygen atoms in total. The van der Waals surface area contributed by atoms with Gasteiger partial charge in [-0.05, 0) is 97.0 Å². The van der Waals surface area contributed by atoms with E-state index in [1.165, 1.54) is 0 Å². The van der Waals surface area contributed by atoms with E-state index in [4.69, 9.17) is 14.2 Å². The number of fused-ring (bicyclic) bond motifs is 5. The van der Waals surface area contributed by atoms with Gasteiger partial charge in [0.2, 0.25) is 0 Å². The molecule has 2 aliphatic heterocycles. The maximum atomic E-state index is 13.9. The van der Waals surface area contributed by atoms with E-state index >= 15 is 0 Å². The molecule has 8 heteroatoms. The van der Waals surface area contributed by atoms with Crippen LogP contribution in [0.15, 0.2) is 10.9 Å². The molecule has 1 N–H and O–H groups in total. The second-order valence-corrected chi connectivity index (χ2v) is 12.6. The largest absolute Gasteiger partial charge is 0.496 e. The van der Waals surface area contributed by atoms with E-state index in [-0.39, 0.29) is 23.4 Å². The number of hydrogen-bond donors (Lipinski definition) is 1. The molecule has 1 aromatic carbocycles. The Balaban J connectivity index is 1.32. The number of aromatic amines is 1. The first-order valence-electron chi connectivity index (χ1n) is 14.2. The molecule has 3 aliphatic carbocycles. The van der Waals surface area contributed by atoms with Crippen molar-refractivity contribution in [1.82, 2.24) is 14.8 Å². The normalized spacial score (nSPS) is 29.2. The van der Waals surface area contributed by atoms with E-state index < -0.39 is 5.79 Å². The Hall–Kier alpha value is -3.00. The quantitative estimate of drug-likeness (QED) is 0.600. The number of aryl methyl sites for hydroxylation is 1. The highest BCUT2D eigenvalue weighted by Crippen LogP contribution is 2.63. The van der Waals surface area contributed by atoms with Gasteiger partial charge in [0.15, 0.2) is 11.5 Å². The molecule has 7 rings (SSSR count). The first-order chi connectivity index (χ1) is 18.4. The molecule has 1 aromatic heterocycles. The van der Waals surface area contributed by atoms with Crippen LogP contribution in [-0.2, 0) is 13.0 Å². The Bertz CT molecular complexity index is 1400. The van der Waals surface area contributed by atoms with Gasteiger partial charge in [-0.1, -0.05) is 0 Å². The molecule has 2 bridgehead atoms. The monoisotopic (exact) mass is 535 g/mol. The predicted octanol–water partition coefficient (Wildman–Crippen LogP) is 4.65. The number of H-pyrrole nitrogens is 1. The lowest BCUT2D eigenvalue weighted by Gasteiger charge is -2.59. The summed E-state index contributed by atoms with van der Waals surface area (Å²) in [6.45, 7) is 8.68. The molecule has 3 fully saturated rings. The summed E-state index contributed by atoms with van der Waals surface area (Å²) >= 11 is 0. The number of methoxy groups -OCH3 is 1. The Morgan fingerprint density at radius 1 is 1.00 bits per heavy atom. The Labute approximate surface area is 230 Å². The Kier molecular flexibility index (Phi) is 5.89. The van der Waals surface area contributed by atoms with Gasteiger partial charge in [0.25, 0.3) is 17.3 Å². The van der Waals surface area contributed by atoms with Gasteiger partial charge in [-0.3, -0.25) is 9.59 Å². The lowest BCUT2D eigenvalue weighted by atomic mass is 9.54. The summed E-state index contributed by atoms with van der Waals surface area (Å²) in [5.74, 6) is 1.18. The lowest BCUT2D eigenvalue weighted by molar-refractivity contribution is -0.212. The molecule has 3 heterocycles. The maximum absolute atomic E-state index is 13.9. The fourth-order valence-corrected chi connectivity index (χ4v) is 7.86. The summed E-state index contributed by atoms with van der Waals surface area (Å²) in [5, 5.41) is 0. The maximum Gasteiger partial charge on any atom is 0.256 e. The van der Waals surface area contributed by atoms with Crippen molar-refractivity contribution in [2.24, 2.45) is 5.41 Å². The van der Waals surface area contributed by atoms with Crippen LogP contribution < -0.4 is 19.8 Å². The van der Waals surface area contributed by atoms with Crippen LogP contribution in [0.3, 0.4) is 0 Å². The number of nitrogens with zero attached hydrogens (tertiary/aromatic N) is 2. The summed E-state index contributed by atoms with van der Waals surface area (Å²) in [6.07, 6.45) is 7.39. The predicted molar refractivity (Wildman–Crippen MR) is 149 cm³/mol. The van der Waals surface area contributed by atoms with Crippen molar-refractivity contribution in [2.75, 3.05) is 27.7 Å². The number of carbonyl (C=O) groups excluding carboxylic acids is 1. The molecule has 0 spiro atoms. The highest BCUT2D eigenvalue weighted by Gasteiger charge is 2.62. The third kappa shape index (κ3) is 3.66. The zero-order chi connectivity index (χ0) is 27.9. The van der Waals surface area contributed by atoms with Crippen molar-refractivity contribution in [2.45, 2.75) is 90.5 Å². The molecular weight excluding hydrogens is 494 g/mol. The van der Waals surface area contributed by atoms with Gasteiger partial charge in [0.05, 0.1) is 19.2 Å². The molecule has 5 aliphatic rings. The van der Waals surface area contributed by atoms with Crippen LogP contribution in [0, 0.1) is 26.2 Å². The molecule has 39 heavy (non-hydrogen) atoms. The molecule has 0 saturated heterocycles. The second kappa shape index (κ2) is 8.75. The average molecular weight is 536 g/mol. The number of benzene rings is 1. The number of ether oxygens (including phenoxy) is 3. The van der Waals surface area contributed by atoms with Crippen LogP contribution >= 0.6 is 0 Å². The van der Waals surface area contributed by atoms with Crippen LogP contribution in [-0.4, -0.2) is 59.8 Å². The van der Waals surface area contributed by atoms with Gasteiger partial charge in [-0.15, -0.1) is 0 Å². The molecule has 210 valence electrons. The minimum atomic E-state index is -0.751. The van der Waals surface area contributed by atoms with Gasteiger partial charge in [-0.2, -0.15) is 0 Å². The van der Waals surface area contributed by atoms with E-state index in [9.17, 15) is 9.59 Å². The summed E-state index contributed by atoms with van der Waals surface area (Å²) in [4.78, 5) is 33.7. The highest BCUT2D eigenvalue weighted by molar-refractivity contribution is 6.00. The number of hydrogen-bond acceptors (Lipinski definition) is 6. The van der Waals surface area contributed by atoms with Gasteiger partial charge in [0.1, 0.15) is 5.75 Å². The van der Waals surface area contributed by atoms with Crippen LogP contribution in [0.4, 0.5) is 0 Å². The molecule has 0 radical (unpaired) electrons. The number of nitrogens with one attached hydrogen (secondary N) is 1. The van der Waals surface area contributed by atoms with E-state index in [1.54, 1.807) is 18.1 Å². The second-order valence-electron chi connectivity index (χ2n) is 12.6. The van der Waals surface area contributed by atoms with Crippen molar-refractivity contribution < 1.29 is 19.0 Å². The van der Waals surface area contributed by atoms with E-state index in [0.717, 1.165) is 66.7 Å². The van der Waals surface area contributed by atoms with Crippen molar-refractivity contribution >= 4 is 5.91 Å². The SMILES string of the molecule is COc1cc(C)[nH]c(=O)c1CN1CCc2c(C)c3c(c(C)c2C1=O)OC(C)(C12CCC(N(C)C)(CC1)CC2)O3. The number of rotatable bonds is 5. The van der Waals surface area contributed by atoms with Crippen molar-refractivity contribution in [3.8, 4) is 17.2 Å². The fourth-order valence-electron chi connectivity index (χ4n) is 7.86. The van der Waals surface area contributed by atoms with Gasteiger partial charge < -0.3 is 29.0 Å². The third-order valence-corrected chi connectivity index (χ3v) is 10.7. The van der Waals surface area contributed by atoms with Crippen LogP contribution in [0.25, 0.3) is 0 Å². The summed E-state index contributed by atoms with van der Waals surface area (Å²) < 4.78 is 19.1. The van der Waals surface area contributed by atoms with E-state index in [0.29, 0.717) is 41.1 Å². The molecule has 2 aromatic rings. The minimum absolute atomic E-state index is 0.0395. The summed E-state index contributed by atoms with van der Waals surface area (Å²) in [6, 6.07) is 1.80. The summed E-state index contributed by atoms with van der Waals surface area (Å²) in [5.41, 5.74) is 4.77. The van der Waals surface area contributed by atoms with Crippen LogP contribution in [0.5, 0.6) is 17.2 Å². The van der Waals surface area contributed by atoms with Gasteiger partial charge in [-0.25, -0.2) is 0 Å². The number of pyridine rings is 1. The van der Waals surface area contributed by atoms with Crippen LogP contribution in [0.1, 0.15) is 83.8 Å². The van der Waals surface area contributed by atoms with Gasteiger partial charge in [0, 0.05) is 41.2 Å². The molecule has 1 amide bonds. The first kappa shape index (κ1) is 26.2. The van der Waals surface area contributed by atoms with Crippen molar-refractivity contribution in [3.63, 3.8) is 0 Å². The first-order valence-corrected chi connectivity index (χ1v) is 14.2. The lowest BCUT2D eigenvalue weighted by Crippen LogP contribution is -2.62. The van der Waals surface area contributed by atoms with E-state index in [2.05, 4.69) is 37.8 Å². The number of aromatic nitrogens is 1. The summed E-state index contributed by atoms with van der Waals surface area (Å²) in [7, 11) is 5.97.